The Balaban J connectivity index is 4.12. The molecule has 0 aliphatic carbocycles. The minimum atomic E-state index is -4.69. The van der Waals surface area contributed by atoms with Crippen LogP contribution in [0.3, 0.4) is 0 Å². The normalized spacial score (nSPS) is 13.7. The van der Waals surface area contributed by atoms with Crippen molar-refractivity contribution in [3.05, 3.63) is 12.2 Å². The van der Waals surface area contributed by atoms with Crippen molar-refractivity contribution in [1.29, 1.82) is 0 Å². The number of rotatable bonds is 28. The van der Waals surface area contributed by atoms with E-state index in [1.807, 2.05) is 6.08 Å². The van der Waals surface area contributed by atoms with Gasteiger partial charge >= 0.3 is 7.82 Å². The number of nitrogens with one attached hydrogen (secondary N) is 1. The first kappa shape index (κ1) is 37.3. The largest absolute Gasteiger partial charge is 0.469 e. The lowest BCUT2D eigenvalue weighted by Gasteiger charge is -2.22. The summed E-state index contributed by atoms with van der Waals surface area (Å²) in [6.45, 7) is 4.00. The van der Waals surface area contributed by atoms with E-state index < -0.39 is 26.6 Å². The predicted molar refractivity (Wildman–Crippen MR) is 158 cm³/mol. The van der Waals surface area contributed by atoms with Crippen LogP contribution in [-0.2, 0) is 13.9 Å². The Kier molecular flexibility index (Phi) is 26.0. The third-order valence-corrected chi connectivity index (χ3v) is 7.48. The highest BCUT2D eigenvalue weighted by Gasteiger charge is 2.24. The van der Waals surface area contributed by atoms with E-state index in [1.54, 1.807) is 6.08 Å². The lowest BCUT2D eigenvalue weighted by Crippen LogP contribution is -2.45. The summed E-state index contributed by atoms with van der Waals surface area (Å²) in [5.74, 6) is -0.233. The SMILES string of the molecule is CCCCCCCCCCCCCC/C=C/[C@@H](O)[C@H](COP(=O)(O)O)NC(=O)CCCCCCCCCC. The number of phosphoric acid groups is 1. The van der Waals surface area contributed by atoms with Gasteiger partial charge in [0, 0.05) is 6.42 Å². The molecule has 0 aromatic carbocycles. The topological polar surface area (TPSA) is 116 Å². The van der Waals surface area contributed by atoms with E-state index in [9.17, 15) is 14.5 Å². The molecule has 0 aliphatic rings. The summed E-state index contributed by atoms with van der Waals surface area (Å²) >= 11 is 0. The van der Waals surface area contributed by atoms with Crippen LogP contribution in [0.2, 0.25) is 0 Å². The van der Waals surface area contributed by atoms with E-state index in [-0.39, 0.29) is 5.91 Å². The molecule has 0 bridgehead atoms. The maximum absolute atomic E-state index is 12.4. The first-order valence-electron chi connectivity index (χ1n) is 15.6. The Morgan fingerprint density at radius 1 is 0.737 bits per heavy atom. The van der Waals surface area contributed by atoms with Crippen LogP contribution < -0.4 is 5.32 Å². The molecule has 0 heterocycles. The van der Waals surface area contributed by atoms with Gasteiger partial charge < -0.3 is 20.2 Å². The molecule has 0 fully saturated rings. The van der Waals surface area contributed by atoms with Crippen LogP contribution in [-0.4, -0.2) is 39.6 Å². The van der Waals surface area contributed by atoms with Crippen molar-refractivity contribution in [2.24, 2.45) is 0 Å². The summed E-state index contributed by atoms with van der Waals surface area (Å²) in [6.07, 6.45) is 28.1. The number of unbranched alkanes of at least 4 members (excludes halogenated alkanes) is 19. The number of hydrogen-bond acceptors (Lipinski definition) is 4. The molecule has 0 aromatic heterocycles. The minimum Gasteiger partial charge on any atom is -0.387 e. The average molecular weight is 562 g/mol. The van der Waals surface area contributed by atoms with Gasteiger partial charge in [0.05, 0.1) is 18.8 Å². The molecule has 1 amide bonds. The highest BCUT2D eigenvalue weighted by molar-refractivity contribution is 7.46. The van der Waals surface area contributed by atoms with Crippen LogP contribution in [0.5, 0.6) is 0 Å². The van der Waals surface area contributed by atoms with Crippen LogP contribution in [0.1, 0.15) is 155 Å². The second-order valence-corrected chi connectivity index (χ2v) is 12.0. The number of carbonyl (C=O) groups is 1. The molecule has 0 unspecified atom stereocenters. The first-order valence-corrected chi connectivity index (χ1v) is 17.2. The maximum Gasteiger partial charge on any atom is 0.469 e. The molecule has 0 aromatic rings. The highest BCUT2D eigenvalue weighted by Crippen LogP contribution is 2.35. The molecule has 8 heteroatoms. The Morgan fingerprint density at radius 3 is 1.61 bits per heavy atom. The molecule has 2 atom stereocenters. The number of hydrogen-bond donors (Lipinski definition) is 4. The zero-order valence-electron chi connectivity index (χ0n) is 24.6. The van der Waals surface area contributed by atoms with Crippen molar-refractivity contribution >= 4 is 13.7 Å². The summed E-state index contributed by atoms with van der Waals surface area (Å²) < 4.78 is 15.7. The van der Waals surface area contributed by atoms with Crippen molar-refractivity contribution in [3.63, 3.8) is 0 Å². The van der Waals surface area contributed by atoms with E-state index in [4.69, 9.17) is 9.79 Å². The first-order chi connectivity index (χ1) is 18.3. The van der Waals surface area contributed by atoms with Gasteiger partial charge in [-0.15, -0.1) is 0 Å². The number of aliphatic hydroxyl groups excluding tert-OH is 1. The fourth-order valence-electron chi connectivity index (χ4n) is 4.57. The van der Waals surface area contributed by atoms with Gasteiger partial charge in [0.2, 0.25) is 5.91 Å². The fourth-order valence-corrected chi connectivity index (χ4v) is 4.93. The van der Waals surface area contributed by atoms with Crippen molar-refractivity contribution in [1.82, 2.24) is 5.32 Å². The highest BCUT2D eigenvalue weighted by atomic mass is 31.2. The molecule has 0 saturated heterocycles. The van der Waals surface area contributed by atoms with E-state index >= 15 is 0 Å². The number of carbonyl (C=O) groups excluding carboxylic acids is 1. The van der Waals surface area contributed by atoms with Gasteiger partial charge in [-0.25, -0.2) is 4.57 Å². The second-order valence-electron chi connectivity index (χ2n) is 10.8. The van der Waals surface area contributed by atoms with Crippen molar-refractivity contribution in [2.75, 3.05) is 6.61 Å². The summed E-state index contributed by atoms with van der Waals surface area (Å²) in [7, 11) is -4.69. The Hall–Kier alpha value is -0.720. The third kappa shape index (κ3) is 26.9. The zero-order chi connectivity index (χ0) is 28.3. The molecule has 7 nitrogen and oxygen atoms in total. The number of allylic oxidation sites excluding steroid dienone is 1. The summed E-state index contributed by atoms with van der Waals surface area (Å²) in [5.41, 5.74) is 0. The van der Waals surface area contributed by atoms with Crippen molar-refractivity contribution in [2.45, 2.75) is 167 Å². The van der Waals surface area contributed by atoms with Crippen LogP contribution in [0.15, 0.2) is 12.2 Å². The number of aliphatic hydroxyl groups is 1. The van der Waals surface area contributed by atoms with Crippen LogP contribution in [0.4, 0.5) is 0 Å². The lowest BCUT2D eigenvalue weighted by molar-refractivity contribution is -0.123. The van der Waals surface area contributed by atoms with Gasteiger partial charge in [0.1, 0.15) is 0 Å². The van der Waals surface area contributed by atoms with Crippen LogP contribution in [0, 0.1) is 0 Å². The van der Waals surface area contributed by atoms with Gasteiger partial charge in [-0.2, -0.15) is 0 Å². The minimum absolute atomic E-state index is 0.233. The predicted octanol–water partition coefficient (Wildman–Crippen LogP) is 8.12. The molecule has 0 rings (SSSR count). The second kappa shape index (κ2) is 26.5. The smallest absolute Gasteiger partial charge is 0.387 e. The van der Waals surface area contributed by atoms with Gasteiger partial charge in [-0.05, 0) is 19.3 Å². The molecule has 226 valence electrons. The number of phosphoric ester groups is 1. The summed E-state index contributed by atoms with van der Waals surface area (Å²) in [4.78, 5) is 30.5. The van der Waals surface area contributed by atoms with Crippen LogP contribution >= 0.6 is 7.82 Å². The Morgan fingerprint density at radius 2 is 1.16 bits per heavy atom. The van der Waals surface area contributed by atoms with Gasteiger partial charge in [0.15, 0.2) is 0 Å². The maximum atomic E-state index is 12.4. The Bertz CT molecular complexity index is 610. The van der Waals surface area contributed by atoms with E-state index in [0.717, 1.165) is 38.5 Å². The average Bonchev–Trinajstić information content (AvgIpc) is 2.87. The number of amides is 1. The molecular weight excluding hydrogens is 501 g/mol. The van der Waals surface area contributed by atoms with E-state index in [0.29, 0.717) is 6.42 Å². The monoisotopic (exact) mass is 561 g/mol. The summed E-state index contributed by atoms with van der Waals surface area (Å²) in [6, 6.07) is -0.901. The quantitative estimate of drug-likeness (QED) is 0.0435. The molecule has 0 saturated carbocycles. The van der Waals surface area contributed by atoms with Crippen molar-refractivity contribution in [3.8, 4) is 0 Å². The lowest BCUT2D eigenvalue weighted by atomic mass is 10.0. The van der Waals surface area contributed by atoms with Gasteiger partial charge in [-0.3, -0.25) is 9.32 Å². The molecule has 38 heavy (non-hydrogen) atoms. The molecule has 0 radical (unpaired) electrons. The molecular formula is C30H60NO6P. The molecule has 4 N–H and O–H groups in total. The standard InChI is InChI=1S/C30H60NO6P/c1-3-5-7-9-11-13-14-15-16-17-18-19-21-23-25-29(32)28(27-37-38(34,35)36)31-30(33)26-24-22-20-12-10-8-6-4-2/h23,25,28-29,32H,3-22,24,26-27H2,1-2H3,(H,31,33)(H2,34,35,36)/b25-23+/t28-,29+/m0/s1. The van der Waals surface area contributed by atoms with Gasteiger partial charge in [-0.1, -0.05) is 142 Å². The molecule has 0 aliphatic heterocycles. The van der Waals surface area contributed by atoms with E-state index in [1.165, 1.54) is 96.3 Å². The van der Waals surface area contributed by atoms with Gasteiger partial charge in [0.25, 0.3) is 0 Å². The zero-order valence-corrected chi connectivity index (χ0v) is 25.5. The summed E-state index contributed by atoms with van der Waals surface area (Å²) in [5, 5.41) is 13.2. The van der Waals surface area contributed by atoms with E-state index in [2.05, 4.69) is 23.7 Å². The third-order valence-electron chi connectivity index (χ3n) is 7.00. The van der Waals surface area contributed by atoms with Crippen LogP contribution in [0.25, 0.3) is 0 Å². The Labute approximate surface area is 233 Å². The fraction of sp³-hybridized carbons (Fsp3) is 0.900. The molecule has 0 spiro atoms. The van der Waals surface area contributed by atoms with Crippen molar-refractivity contribution < 1.29 is 28.8 Å².